The third-order valence-corrected chi connectivity index (χ3v) is 2.34. The maximum Gasteiger partial charge on any atom is 0.222 e. The van der Waals surface area contributed by atoms with Crippen LogP contribution >= 0.6 is 0 Å². The lowest BCUT2D eigenvalue weighted by Crippen LogP contribution is -1.96. The van der Waals surface area contributed by atoms with E-state index in [-0.39, 0.29) is 17.1 Å². The minimum atomic E-state index is -0.678. The molecule has 0 bridgehead atoms. The largest absolute Gasteiger partial charge is 0.368 e. The number of halogens is 2. The minimum Gasteiger partial charge on any atom is -0.368 e. The molecule has 1 heterocycles. The average Bonchev–Trinajstić information content (AvgIpc) is 2.65. The number of hydrogen-bond donors (Lipinski definition) is 1. The van der Waals surface area contributed by atoms with Crippen molar-refractivity contribution in [3.63, 3.8) is 0 Å². The van der Waals surface area contributed by atoms with Crippen molar-refractivity contribution in [2.24, 2.45) is 0 Å². The number of nitrogens with two attached hydrogens (primary N) is 1. The molecule has 84 valence electrons. The highest BCUT2D eigenvalue weighted by Crippen LogP contribution is 2.28. The minimum absolute atomic E-state index is 0.0238. The predicted molar refractivity (Wildman–Crippen MR) is 55.6 cm³/mol. The van der Waals surface area contributed by atoms with Crippen molar-refractivity contribution in [1.29, 1.82) is 0 Å². The van der Waals surface area contributed by atoms with Gasteiger partial charge in [-0.3, -0.25) is 0 Å². The summed E-state index contributed by atoms with van der Waals surface area (Å²) < 4.78 is 32.0. The molecule has 0 saturated heterocycles. The van der Waals surface area contributed by atoms with E-state index in [4.69, 9.17) is 5.73 Å². The summed E-state index contributed by atoms with van der Waals surface area (Å²) in [6.07, 6.45) is 0.479. The van der Waals surface area contributed by atoms with Gasteiger partial charge in [0.1, 0.15) is 17.3 Å². The van der Waals surface area contributed by atoms with Crippen molar-refractivity contribution < 1.29 is 13.3 Å². The molecular formula is C11H10F2N2O. The summed E-state index contributed by atoms with van der Waals surface area (Å²) in [6.45, 7) is 1.79. The third kappa shape index (κ3) is 1.64. The SMILES string of the molecule is CCc1ccc(F)c(-c2cc(N)on2)c1F. The molecule has 0 saturated carbocycles. The summed E-state index contributed by atoms with van der Waals surface area (Å²) in [5.74, 6) is -1.27. The van der Waals surface area contributed by atoms with Crippen LogP contribution in [0, 0.1) is 11.6 Å². The molecule has 0 radical (unpaired) electrons. The van der Waals surface area contributed by atoms with Crippen LogP contribution in [-0.4, -0.2) is 5.16 Å². The molecule has 0 atom stereocenters. The fraction of sp³-hybridized carbons (Fsp3) is 0.182. The zero-order valence-electron chi connectivity index (χ0n) is 8.63. The highest BCUT2D eigenvalue weighted by Gasteiger charge is 2.17. The Bertz CT molecular complexity index is 523. The van der Waals surface area contributed by atoms with Gasteiger partial charge >= 0.3 is 0 Å². The van der Waals surface area contributed by atoms with Crippen LogP contribution in [0.15, 0.2) is 22.7 Å². The third-order valence-electron chi connectivity index (χ3n) is 2.34. The van der Waals surface area contributed by atoms with Crippen molar-refractivity contribution in [2.45, 2.75) is 13.3 Å². The van der Waals surface area contributed by atoms with E-state index < -0.39 is 11.6 Å². The Labute approximate surface area is 90.9 Å². The Balaban J connectivity index is 2.63. The average molecular weight is 224 g/mol. The number of benzene rings is 1. The molecule has 3 nitrogen and oxygen atoms in total. The first-order valence-electron chi connectivity index (χ1n) is 4.83. The molecule has 1 aromatic carbocycles. The van der Waals surface area contributed by atoms with E-state index in [0.29, 0.717) is 12.0 Å². The number of nitrogen functional groups attached to an aromatic ring is 1. The molecule has 2 rings (SSSR count). The summed E-state index contributed by atoms with van der Waals surface area (Å²) >= 11 is 0. The van der Waals surface area contributed by atoms with Gasteiger partial charge in [-0.2, -0.15) is 0 Å². The Hall–Kier alpha value is -1.91. The van der Waals surface area contributed by atoms with E-state index in [1.807, 2.05) is 0 Å². The fourth-order valence-electron chi connectivity index (χ4n) is 1.51. The van der Waals surface area contributed by atoms with Gasteiger partial charge in [0.15, 0.2) is 0 Å². The van der Waals surface area contributed by atoms with E-state index in [1.165, 1.54) is 18.2 Å². The van der Waals surface area contributed by atoms with Crippen molar-refractivity contribution >= 4 is 5.88 Å². The lowest BCUT2D eigenvalue weighted by atomic mass is 10.0. The summed E-state index contributed by atoms with van der Waals surface area (Å²) in [4.78, 5) is 0. The molecule has 1 aromatic heterocycles. The number of nitrogens with zero attached hydrogens (tertiary/aromatic N) is 1. The van der Waals surface area contributed by atoms with Crippen LogP contribution in [0.1, 0.15) is 12.5 Å². The van der Waals surface area contributed by atoms with Crippen LogP contribution in [0.4, 0.5) is 14.7 Å². The van der Waals surface area contributed by atoms with Crippen molar-refractivity contribution in [3.8, 4) is 11.3 Å². The van der Waals surface area contributed by atoms with Gasteiger partial charge in [-0.1, -0.05) is 18.1 Å². The summed E-state index contributed by atoms with van der Waals surface area (Å²) in [7, 11) is 0. The van der Waals surface area contributed by atoms with Crippen molar-refractivity contribution in [3.05, 3.63) is 35.4 Å². The number of rotatable bonds is 2. The molecule has 0 spiro atoms. The second-order valence-electron chi connectivity index (χ2n) is 3.36. The topological polar surface area (TPSA) is 52.0 Å². The highest BCUT2D eigenvalue weighted by atomic mass is 19.1. The first-order valence-corrected chi connectivity index (χ1v) is 4.83. The van der Waals surface area contributed by atoms with E-state index >= 15 is 0 Å². The second-order valence-corrected chi connectivity index (χ2v) is 3.36. The summed E-state index contributed by atoms with van der Waals surface area (Å²) in [6, 6.07) is 3.92. The van der Waals surface area contributed by atoms with Crippen LogP contribution in [0.3, 0.4) is 0 Å². The van der Waals surface area contributed by atoms with Gasteiger partial charge in [0.05, 0.1) is 5.56 Å². The maximum atomic E-state index is 13.9. The van der Waals surface area contributed by atoms with Gasteiger partial charge in [-0.25, -0.2) is 8.78 Å². The molecule has 2 aromatic rings. The van der Waals surface area contributed by atoms with Crippen LogP contribution < -0.4 is 5.73 Å². The smallest absolute Gasteiger partial charge is 0.222 e. The first-order chi connectivity index (χ1) is 7.63. The van der Waals surface area contributed by atoms with Crippen LogP contribution in [0.2, 0.25) is 0 Å². The number of anilines is 1. The molecule has 0 fully saturated rings. The van der Waals surface area contributed by atoms with Crippen molar-refractivity contribution in [1.82, 2.24) is 5.16 Å². The molecule has 5 heteroatoms. The van der Waals surface area contributed by atoms with Crippen LogP contribution in [0.5, 0.6) is 0 Å². The Morgan fingerprint density at radius 3 is 2.69 bits per heavy atom. The molecule has 0 aliphatic rings. The standard InChI is InChI=1S/C11H10F2N2O/c1-2-6-3-4-7(12)10(11(6)13)8-5-9(14)16-15-8/h3-5H,2,14H2,1H3. The van der Waals surface area contributed by atoms with E-state index in [9.17, 15) is 8.78 Å². The van der Waals surface area contributed by atoms with Gasteiger partial charge in [0.2, 0.25) is 5.88 Å². The maximum absolute atomic E-state index is 13.9. The highest BCUT2D eigenvalue weighted by molar-refractivity contribution is 5.63. The van der Waals surface area contributed by atoms with Crippen LogP contribution in [0.25, 0.3) is 11.3 Å². The number of aromatic nitrogens is 1. The van der Waals surface area contributed by atoms with Gasteiger partial charge in [0.25, 0.3) is 0 Å². The first kappa shape index (κ1) is 10.6. The van der Waals surface area contributed by atoms with E-state index in [0.717, 1.165) is 0 Å². The summed E-state index contributed by atoms with van der Waals surface area (Å²) in [5.41, 5.74) is 5.62. The Morgan fingerprint density at radius 1 is 1.38 bits per heavy atom. The second kappa shape index (κ2) is 3.92. The normalized spacial score (nSPS) is 10.7. The molecule has 0 aliphatic carbocycles. The van der Waals surface area contributed by atoms with Gasteiger partial charge in [0, 0.05) is 6.07 Å². The lowest BCUT2D eigenvalue weighted by molar-refractivity contribution is 0.437. The lowest BCUT2D eigenvalue weighted by Gasteiger charge is -2.05. The Kier molecular flexibility index (Phi) is 2.60. The van der Waals surface area contributed by atoms with Gasteiger partial charge in [-0.15, -0.1) is 0 Å². The number of hydrogen-bond acceptors (Lipinski definition) is 3. The van der Waals surface area contributed by atoms with Crippen molar-refractivity contribution in [2.75, 3.05) is 5.73 Å². The monoisotopic (exact) mass is 224 g/mol. The quantitative estimate of drug-likeness (QED) is 0.853. The fourth-order valence-corrected chi connectivity index (χ4v) is 1.51. The van der Waals surface area contributed by atoms with E-state index in [2.05, 4.69) is 9.68 Å². The molecule has 0 aliphatic heterocycles. The van der Waals surface area contributed by atoms with E-state index in [1.54, 1.807) is 6.92 Å². The molecule has 0 unspecified atom stereocenters. The molecular weight excluding hydrogens is 214 g/mol. The molecule has 0 amide bonds. The molecule has 2 N–H and O–H groups in total. The number of aryl methyl sites for hydroxylation is 1. The zero-order valence-corrected chi connectivity index (χ0v) is 8.63. The zero-order chi connectivity index (χ0) is 11.7. The van der Waals surface area contributed by atoms with Crippen LogP contribution in [-0.2, 0) is 6.42 Å². The molecule has 16 heavy (non-hydrogen) atoms. The predicted octanol–water partition coefficient (Wildman–Crippen LogP) is 2.76. The summed E-state index contributed by atoms with van der Waals surface area (Å²) in [5, 5.41) is 3.50. The van der Waals surface area contributed by atoms with Gasteiger partial charge in [-0.05, 0) is 18.1 Å². The van der Waals surface area contributed by atoms with Gasteiger partial charge < -0.3 is 10.3 Å². The Morgan fingerprint density at radius 2 is 2.12 bits per heavy atom.